The van der Waals surface area contributed by atoms with Gasteiger partial charge < -0.3 is 16.4 Å². The molecule has 0 aliphatic carbocycles. The van der Waals surface area contributed by atoms with Crippen molar-refractivity contribution < 1.29 is 4.79 Å². The number of aromatic nitrogens is 1. The SMILES string of the molecule is CN(C=O)c1ccc(N)nc1N. The number of nitrogens with two attached hydrogens (primary N) is 2. The zero-order valence-electron chi connectivity index (χ0n) is 6.69. The van der Waals surface area contributed by atoms with E-state index in [1.54, 1.807) is 19.2 Å². The molecule has 0 fully saturated rings. The summed E-state index contributed by atoms with van der Waals surface area (Å²) < 4.78 is 0. The number of anilines is 3. The van der Waals surface area contributed by atoms with E-state index >= 15 is 0 Å². The summed E-state index contributed by atoms with van der Waals surface area (Å²) in [5, 5.41) is 0. The molecule has 5 nitrogen and oxygen atoms in total. The highest BCUT2D eigenvalue weighted by atomic mass is 16.1. The van der Waals surface area contributed by atoms with Crippen molar-refractivity contribution in [2.45, 2.75) is 0 Å². The minimum absolute atomic E-state index is 0.254. The van der Waals surface area contributed by atoms with Gasteiger partial charge in [-0.15, -0.1) is 0 Å². The fourth-order valence-corrected chi connectivity index (χ4v) is 0.838. The van der Waals surface area contributed by atoms with E-state index in [0.717, 1.165) is 0 Å². The van der Waals surface area contributed by atoms with E-state index in [0.29, 0.717) is 17.9 Å². The Hall–Kier alpha value is -1.78. The third-order valence-corrected chi connectivity index (χ3v) is 1.46. The van der Waals surface area contributed by atoms with Crippen molar-refractivity contribution in [1.82, 2.24) is 4.98 Å². The van der Waals surface area contributed by atoms with Gasteiger partial charge >= 0.3 is 0 Å². The molecule has 0 atom stereocenters. The molecule has 0 saturated heterocycles. The number of pyridine rings is 1. The monoisotopic (exact) mass is 166 g/mol. The molecule has 0 bridgehead atoms. The maximum atomic E-state index is 10.4. The summed E-state index contributed by atoms with van der Waals surface area (Å²) >= 11 is 0. The van der Waals surface area contributed by atoms with Gasteiger partial charge in [0.25, 0.3) is 0 Å². The number of nitrogen functional groups attached to an aromatic ring is 2. The van der Waals surface area contributed by atoms with Crippen LogP contribution in [0.15, 0.2) is 12.1 Å². The van der Waals surface area contributed by atoms with Crippen LogP contribution in [0.2, 0.25) is 0 Å². The fourth-order valence-electron chi connectivity index (χ4n) is 0.838. The van der Waals surface area contributed by atoms with Gasteiger partial charge in [0, 0.05) is 7.05 Å². The predicted molar refractivity (Wildman–Crippen MR) is 47.5 cm³/mol. The van der Waals surface area contributed by atoms with E-state index in [2.05, 4.69) is 4.98 Å². The van der Waals surface area contributed by atoms with Crippen molar-refractivity contribution in [3.05, 3.63) is 12.1 Å². The lowest BCUT2D eigenvalue weighted by molar-refractivity contribution is -0.107. The number of rotatable bonds is 2. The van der Waals surface area contributed by atoms with Gasteiger partial charge in [0.2, 0.25) is 6.41 Å². The Morgan fingerprint density at radius 1 is 1.50 bits per heavy atom. The summed E-state index contributed by atoms with van der Waals surface area (Å²) in [7, 11) is 1.59. The molecule has 5 heteroatoms. The molecular formula is C7H10N4O. The zero-order valence-corrected chi connectivity index (χ0v) is 6.69. The van der Waals surface area contributed by atoms with Crippen LogP contribution >= 0.6 is 0 Å². The first-order valence-electron chi connectivity index (χ1n) is 3.35. The Labute approximate surface area is 70.0 Å². The molecule has 0 spiro atoms. The Bertz CT molecular complexity index is 299. The summed E-state index contributed by atoms with van der Waals surface area (Å²) in [6, 6.07) is 3.23. The maximum absolute atomic E-state index is 10.4. The Morgan fingerprint density at radius 2 is 2.17 bits per heavy atom. The van der Waals surface area contributed by atoms with Gasteiger partial charge in [0.1, 0.15) is 11.6 Å². The lowest BCUT2D eigenvalue weighted by atomic mass is 10.3. The third kappa shape index (κ3) is 1.45. The highest BCUT2D eigenvalue weighted by molar-refractivity contribution is 5.80. The topological polar surface area (TPSA) is 85.2 Å². The summed E-state index contributed by atoms with van der Waals surface area (Å²) in [6.45, 7) is 0. The van der Waals surface area contributed by atoms with Crippen LogP contribution in [0.4, 0.5) is 17.3 Å². The average molecular weight is 166 g/mol. The predicted octanol–water partition coefficient (Wildman–Crippen LogP) is -0.161. The molecule has 4 N–H and O–H groups in total. The molecule has 1 aromatic heterocycles. The van der Waals surface area contributed by atoms with Crippen LogP contribution in [0, 0.1) is 0 Å². The second-order valence-corrected chi connectivity index (χ2v) is 2.36. The molecule has 0 unspecified atom stereocenters. The molecule has 64 valence electrons. The zero-order chi connectivity index (χ0) is 9.14. The lowest BCUT2D eigenvalue weighted by Gasteiger charge is -2.12. The van der Waals surface area contributed by atoms with E-state index < -0.39 is 0 Å². The van der Waals surface area contributed by atoms with E-state index in [-0.39, 0.29) is 5.82 Å². The van der Waals surface area contributed by atoms with E-state index in [9.17, 15) is 4.79 Å². The van der Waals surface area contributed by atoms with Gasteiger partial charge in [0.05, 0.1) is 5.69 Å². The first kappa shape index (κ1) is 8.32. The van der Waals surface area contributed by atoms with Crippen molar-refractivity contribution in [3.63, 3.8) is 0 Å². The Balaban J connectivity index is 3.09. The number of carbonyl (C=O) groups excluding carboxylic acids is 1. The van der Waals surface area contributed by atoms with Crippen LogP contribution in [0.25, 0.3) is 0 Å². The van der Waals surface area contributed by atoms with Gasteiger partial charge in [-0.2, -0.15) is 0 Å². The molecule has 1 heterocycles. The molecule has 1 rings (SSSR count). The normalized spacial score (nSPS) is 9.42. The van der Waals surface area contributed by atoms with Crippen LogP contribution in [-0.4, -0.2) is 18.4 Å². The molecule has 0 aliphatic rings. The van der Waals surface area contributed by atoms with Crippen LogP contribution < -0.4 is 16.4 Å². The van der Waals surface area contributed by atoms with E-state index in [1.807, 2.05) is 0 Å². The average Bonchev–Trinajstić information content (AvgIpc) is 2.03. The van der Waals surface area contributed by atoms with Gasteiger partial charge in [-0.25, -0.2) is 4.98 Å². The van der Waals surface area contributed by atoms with Gasteiger partial charge in [0.15, 0.2) is 0 Å². The molecule has 1 aromatic rings. The van der Waals surface area contributed by atoms with Crippen LogP contribution in [0.5, 0.6) is 0 Å². The van der Waals surface area contributed by atoms with Crippen molar-refractivity contribution in [2.75, 3.05) is 23.4 Å². The molecule has 0 saturated carbocycles. The molecule has 0 radical (unpaired) electrons. The van der Waals surface area contributed by atoms with Crippen molar-refractivity contribution in [2.24, 2.45) is 0 Å². The Kier molecular flexibility index (Phi) is 2.14. The molecule has 0 aromatic carbocycles. The molecule has 1 amide bonds. The van der Waals surface area contributed by atoms with E-state index in [1.165, 1.54) is 4.90 Å². The van der Waals surface area contributed by atoms with Gasteiger partial charge in [-0.1, -0.05) is 0 Å². The van der Waals surface area contributed by atoms with Gasteiger partial charge in [-0.3, -0.25) is 4.79 Å². The Morgan fingerprint density at radius 3 is 2.67 bits per heavy atom. The minimum atomic E-state index is 0.254. The number of hydrogen-bond donors (Lipinski definition) is 2. The smallest absolute Gasteiger partial charge is 0.213 e. The summed E-state index contributed by atoms with van der Waals surface area (Å²) in [5.74, 6) is 0.597. The largest absolute Gasteiger partial charge is 0.384 e. The highest BCUT2D eigenvalue weighted by Crippen LogP contribution is 2.19. The second-order valence-electron chi connectivity index (χ2n) is 2.36. The van der Waals surface area contributed by atoms with E-state index in [4.69, 9.17) is 11.5 Å². The minimum Gasteiger partial charge on any atom is -0.384 e. The molecule has 0 aliphatic heterocycles. The van der Waals surface area contributed by atoms with Gasteiger partial charge in [-0.05, 0) is 12.1 Å². The number of amides is 1. The summed E-state index contributed by atoms with van der Waals surface area (Å²) in [4.78, 5) is 15.5. The maximum Gasteiger partial charge on any atom is 0.213 e. The van der Waals surface area contributed by atoms with Crippen molar-refractivity contribution in [1.29, 1.82) is 0 Å². The first-order chi connectivity index (χ1) is 5.65. The highest BCUT2D eigenvalue weighted by Gasteiger charge is 2.04. The van der Waals surface area contributed by atoms with Crippen LogP contribution in [0.3, 0.4) is 0 Å². The second kappa shape index (κ2) is 3.08. The lowest BCUT2D eigenvalue weighted by Crippen LogP contribution is -2.16. The first-order valence-corrected chi connectivity index (χ1v) is 3.35. The number of nitrogens with zero attached hydrogens (tertiary/aromatic N) is 2. The summed E-state index contributed by atoms with van der Waals surface area (Å²) in [6.07, 6.45) is 0.656. The van der Waals surface area contributed by atoms with Crippen LogP contribution in [-0.2, 0) is 4.79 Å². The van der Waals surface area contributed by atoms with Crippen LogP contribution in [0.1, 0.15) is 0 Å². The number of hydrogen-bond acceptors (Lipinski definition) is 4. The standard InChI is InChI=1S/C7H10N4O/c1-11(4-12)5-2-3-6(8)10-7(5)9/h2-4H,1H3,(H4,8,9,10). The third-order valence-electron chi connectivity index (χ3n) is 1.46. The van der Waals surface area contributed by atoms with Crippen molar-refractivity contribution in [3.8, 4) is 0 Å². The molecule has 12 heavy (non-hydrogen) atoms. The van der Waals surface area contributed by atoms with Crippen molar-refractivity contribution >= 4 is 23.7 Å². The fraction of sp³-hybridized carbons (Fsp3) is 0.143. The molecular weight excluding hydrogens is 156 g/mol. The number of carbonyl (C=O) groups is 1. The quantitative estimate of drug-likeness (QED) is 0.598. The summed E-state index contributed by atoms with van der Waals surface area (Å²) in [5.41, 5.74) is 11.4.